The maximum atomic E-state index is 13.3. The normalized spacial score (nSPS) is 21.3. The third-order valence-electron chi connectivity index (χ3n) is 8.56. The minimum atomic E-state index is 0.204. The molecule has 2 fully saturated rings. The highest BCUT2D eigenvalue weighted by Gasteiger charge is 2.45. The van der Waals surface area contributed by atoms with Crippen LogP contribution in [0.25, 0.3) is 10.9 Å². The van der Waals surface area contributed by atoms with Crippen LogP contribution in [0.5, 0.6) is 5.75 Å². The van der Waals surface area contributed by atoms with Crippen LogP contribution in [-0.2, 0) is 18.4 Å². The molecule has 1 aliphatic carbocycles. The highest BCUT2D eigenvalue weighted by Crippen LogP contribution is 2.42. The van der Waals surface area contributed by atoms with Crippen LogP contribution in [0.4, 0.5) is 0 Å². The van der Waals surface area contributed by atoms with Crippen LogP contribution in [0.15, 0.2) is 36.9 Å². The number of ether oxygens (including phenoxy) is 1. The first-order valence-electron chi connectivity index (χ1n) is 14.0. The monoisotopic (exact) mass is 506 g/mol. The SMILES string of the molecule is CC[C@H](CN(CC)C(=O)[C@@H]1C[C@H]1CN1CCC(c2nn(C)c3c(OC)cccc23)CC1)Cn1ccnc1. The number of nitrogens with zero attached hydrogens (tertiary/aromatic N) is 6. The second-order valence-electron chi connectivity index (χ2n) is 11.0. The predicted molar refractivity (Wildman–Crippen MR) is 146 cm³/mol. The molecule has 1 saturated heterocycles. The number of carbonyl (C=O) groups is 1. The number of benzene rings is 1. The number of likely N-dealkylation sites (tertiary alicyclic amines) is 1. The number of amides is 1. The van der Waals surface area contributed by atoms with Crippen molar-refractivity contribution in [3.63, 3.8) is 0 Å². The van der Waals surface area contributed by atoms with E-state index in [4.69, 9.17) is 9.84 Å². The van der Waals surface area contributed by atoms with E-state index in [1.54, 1.807) is 7.11 Å². The van der Waals surface area contributed by atoms with Crippen molar-refractivity contribution in [2.75, 3.05) is 39.8 Å². The highest BCUT2D eigenvalue weighted by molar-refractivity contribution is 5.88. The fraction of sp³-hybridized carbons (Fsp3) is 0.621. The number of para-hydroxylation sites is 1. The van der Waals surface area contributed by atoms with Gasteiger partial charge in [0.25, 0.3) is 0 Å². The third-order valence-corrected chi connectivity index (χ3v) is 8.56. The molecule has 1 aromatic carbocycles. The number of hydrogen-bond donors (Lipinski definition) is 0. The van der Waals surface area contributed by atoms with Gasteiger partial charge in [-0.3, -0.25) is 9.48 Å². The molecule has 0 bridgehead atoms. The first-order valence-corrected chi connectivity index (χ1v) is 14.0. The standard InChI is InChI=1S/C29H42N6O2/c1-5-21(17-34-15-12-30-20-34)18-35(6-2)29(36)25-16-23(25)19-33-13-10-22(11-14-33)27-24-8-7-9-26(37-4)28(24)32(3)31-27/h7-9,12,15,20-23,25H,5-6,10-11,13-14,16-19H2,1-4H3/t21-,23-,25+/m0/s1. The average Bonchev–Trinajstić information content (AvgIpc) is 3.32. The van der Waals surface area contributed by atoms with Gasteiger partial charge in [0.1, 0.15) is 11.3 Å². The Hall–Kier alpha value is -2.87. The van der Waals surface area contributed by atoms with E-state index in [9.17, 15) is 4.79 Å². The molecule has 3 heterocycles. The summed E-state index contributed by atoms with van der Waals surface area (Å²) in [6.45, 7) is 10.1. The molecule has 1 saturated carbocycles. The van der Waals surface area contributed by atoms with Crippen molar-refractivity contribution >= 4 is 16.8 Å². The van der Waals surface area contributed by atoms with Crippen LogP contribution >= 0.6 is 0 Å². The second kappa shape index (κ2) is 11.3. The van der Waals surface area contributed by atoms with Gasteiger partial charge in [0, 0.05) is 62.8 Å². The molecule has 2 aliphatic rings. The lowest BCUT2D eigenvalue weighted by atomic mass is 9.91. The van der Waals surface area contributed by atoms with Gasteiger partial charge in [0.15, 0.2) is 0 Å². The smallest absolute Gasteiger partial charge is 0.226 e. The van der Waals surface area contributed by atoms with Crippen molar-refractivity contribution in [2.24, 2.45) is 24.8 Å². The number of carbonyl (C=O) groups excluding carboxylic acids is 1. The molecule has 3 aromatic rings. The van der Waals surface area contributed by atoms with Crippen LogP contribution < -0.4 is 4.74 Å². The Labute approximate surface area is 220 Å². The summed E-state index contributed by atoms with van der Waals surface area (Å²) in [7, 11) is 3.73. The molecule has 0 radical (unpaired) electrons. The quantitative estimate of drug-likeness (QED) is 0.391. The van der Waals surface area contributed by atoms with Crippen molar-refractivity contribution in [2.45, 2.75) is 52.0 Å². The number of methoxy groups -OCH3 is 1. The maximum absolute atomic E-state index is 13.3. The Morgan fingerprint density at radius 3 is 2.73 bits per heavy atom. The van der Waals surface area contributed by atoms with E-state index in [2.05, 4.69) is 45.3 Å². The number of rotatable bonds is 11. The molecule has 0 spiro atoms. The van der Waals surface area contributed by atoms with Crippen molar-refractivity contribution in [3.05, 3.63) is 42.6 Å². The summed E-state index contributed by atoms with van der Waals surface area (Å²) in [4.78, 5) is 22.2. The Kier molecular flexibility index (Phi) is 7.84. The number of hydrogen-bond acceptors (Lipinski definition) is 5. The van der Waals surface area contributed by atoms with Gasteiger partial charge < -0.3 is 19.1 Å². The predicted octanol–water partition coefficient (Wildman–Crippen LogP) is 4.17. The van der Waals surface area contributed by atoms with Crippen LogP contribution in [0.2, 0.25) is 0 Å². The molecule has 8 nitrogen and oxygen atoms in total. The molecule has 0 unspecified atom stereocenters. The van der Waals surface area contributed by atoms with E-state index in [1.807, 2.05) is 36.5 Å². The molecule has 8 heteroatoms. The van der Waals surface area contributed by atoms with E-state index in [0.29, 0.717) is 23.7 Å². The van der Waals surface area contributed by atoms with Gasteiger partial charge in [-0.25, -0.2) is 4.98 Å². The average molecular weight is 507 g/mol. The molecule has 3 atom stereocenters. The lowest BCUT2D eigenvalue weighted by Gasteiger charge is -2.31. The van der Waals surface area contributed by atoms with Gasteiger partial charge in [0.05, 0.1) is 19.1 Å². The largest absolute Gasteiger partial charge is 0.494 e. The number of imidazole rings is 1. The van der Waals surface area contributed by atoms with E-state index in [-0.39, 0.29) is 5.92 Å². The Bertz CT molecular complexity index is 1180. The molecule has 1 amide bonds. The zero-order valence-corrected chi connectivity index (χ0v) is 22.8. The topological polar surface area (TPSA) is 68.4 Å². The van der Waals surface area contributed by atoms with Crippen molar-refractivity contribution in [3.8, 4) is 5.75 Å². The fourth-order valence-electron chi connectivity index (χ4n) is 6.20. The zero-order chi connectivity index (χ0) is 25.9. The molecule has 200 valence electrons. The summed E-state index contributed by atoms with van der Waals surface area (Å²) in [5.41, 5.74) is 2.29. The molecule has 2 aromatic heterocycles. The third kappa shape index (κ3) is 5.54. The number of aromatic nitrogens is 4. The van der Waals surface area contributed by atoms with Crippen molar-refractivity contribution in [1.29, 1.82) is 0 Å². The number of fused-ring (bicyclic) bond motifs is 1. The Morgan fingerprint density at radius 1 is 1.24 bits per heavy atom. The minimum Gasteiger partial charge on any atom is -0.494 e. The summed E-state index contributed by atoms with van der Waals surface area (Å²) in [5, 5.41) is 6.12. The second-order valence-corrected chi connectivity index (χ2v) is 11.0. The van der Waals surface area contributed by atoms with Gasteiger partial charge >= 0.3 is 0 Å². The Morgan fingerprint density at radius 2 is 2.05 bits per heavy atom. The minimum absolute atomic E-state index is 0.204. The molecule has 5 rings (SSSR count). The first kappa shape index (κ1) is 25.8. The van der Waals surface area contributed by atoms with Crippen LogP contribution in [0, 0.1) is 17.8 Å². The van der Waals surface area contributed by atoms with Gasteiger partial charge in [-0.05, 0) is 63.6 Å². The maximum Gasteiger partial charge on any atom is 0.226 e. The number of piperidine rings is 1. The van der Waals surface area contributed by atoms with E-state index < -0.39 is 0 Å². The van der Waals surface area contributed by atoms with E-state index in [1.165, 1.54) is 11.1 Å². The van der Waals surface area contributed by atoms with E-state index >= 15 is 0 Å². The fourth-order valence-corrected chi connectivity index (χ4v) is 6.20. The molecule has 37 heavy (non-hydrogen) atoms. The molecular weight excluding hydrogens is 464 g/mol. The molecule has 1 aliphatic heterocycles. The zero-order valence-electron chi connectivity index (χ0n) is 22.8. The summed E-state index contributed by atoms with van der Waals surface area (Å²) < 4.78 is 9.67. The lowest BCUT2D eigenvalue weighted by molar-refractivity contribution is -0.133. The summed E-state index contributed by atoms with van der Waals surface area (Å²) in [6, 6.07) is 6.24. The number of aryl methyl sites for hydroxylation is 1. The van der Waals surface area contributed by atoms with E-state index in [0.717, 1.165) is 76.2 Å². The Balaban J connectivity index is 1.12. The summed E-state index contributed by atoms with van der Waals surface area (Å²) in [5.74, 6) is 2.88. The van der Waals surface area contributed by atoms with Gasteiger partial charge in [-0.15, -0.1) is 0 Å². The summed E-state index contributed by atoms with van der Waals surface area (Å²) >= 11 is 0. The van der Waals surface area contributed by atoms with Gasteiger partial charge in [-0.2, -0.15) is 5.10 Å². The molecular formula is C29H42N6O2. The lowest BCUT2D eigenvalue weighted by Crippen LogP contribution is -2.39. The van der Waals surface area contributed by atoms with Crippen molar-refractivity contribution in [1.82, 2.24) is 29.1 Å². The van der Waals surface area contributed by atoms with Gasteiger partial charge in [-0.1, -0.05) is 19.1 Å². The van der Waals surface area contributed by atoms with Crippen LogP contribution in [0.3, 0.4) is 0 Å². The van der Waals surface area contributed by atoms with Crippen LogP contribution in [-0.4, -0.2) is 74.9 Å². The first-order chi connectivity index (χ1) is 18.0. The van der Waals surface area contributed by atoms with Crippen LogP contribution in [0.1, 0.15) is 51.1 Å². The summed E-state index contributed by atoms with van der Waals surface area (Å²) in [6.07, 6.45) is 10.0. The highest BCUT2D eigenvalue weighted by atomic mass is 16.5. The molecule has 0 N–H and O–H groups in total. The van der Waals surface area contributed by atoms with Crippen molar-refractivity contribution < 1.29 is 9.53 Å². The van der Waals surface area contributed by atoms with Gasteiger partial charge in [0.2, 0.25) is 5.91 Å².